The summed E-state index contributed by atoms with van der Waals surface area (Å²) >= 11 is 0. The number of nitrogens with zero attached hydrogens (tertiary/aromatic N) is 3. The van der Waals surface area contributed by atoms with Gasteiger partial charge in [0.25, 0.3) is 10.2 Å². The molecule has 146 valence electrons. The molecular weight excluding hydrogens is 368 g/mol. The first-order valence-electron chi connectivity index (χ1n) is 8.69. The van der Waals surface area contributed by atoms with E-state index in [4.69, 9.17) is 4.52 Å². The Morgan fingerprint density at radius 3 is 2.67 bits per heavy atom. The molecule has 0 aliphatic carbocycles. The van der Waals surface area contributed by atoms with Gasteiger partial charge in [-0.05, 0) is 6.42 Å². The monoisotopic (exact) mass is 392 g/mol. The summed E-state index contributed by atoms with van der Waals surface area (Å²) in [6, 6.07) is 11.4. The summed E-state index contributed by atoms with van der Waals surface area (Å²) in [6.07, 6.45) is 0.701. The minimum absolute atomic E-state index is 0.106. The Morgan fingerprint density at radius 2 is 2.04 bits per heavy atom. The summed E-state index contributed by atoms with van der Waals surface area (Å²) in [7, 11) is 0.947. The molecule has 1 aliphatic rings. The number of benzene rings is 1. The zero-order valence-corrected chi connectivity index (χ0v) is 16.5. The van der Waals surface area contributed by atoms with E-state index in [1.54, 1.807) is 7.05 Å². The average molecular weight is 392 g/mol. The topological polar surface area (TPSA) is 95.7 Å². The van der Waals surface area contributed by atoms with Crippen molar-refractivity contribution in [3.63, 3.8) is 0 Å². The van der Waals surface area contributed by atoms with Gasteiger partial charge in [-0.2, -0.15) is 17.0 Å². The molecule has 1 fully saturated rings. The highest BCUT2D eigenvalue weighted by Crippen LogP contribution is 2.37. The van der Waals surface area contributed by atoms with Crippen molar-refractivity contribution in [1.29, 1.82) is 0 Å². The standard InChI is InChI=1S/C18H24N4O4S/c1-19-17(23)18(9-10-22(13-18)27(24,25)21(2)3)12-15-11-16(20-26-15)14-7-5-4-6-8-14/h4-8,11H,9-10,12-13H2,1-3H3,(H,19,23)/t18-/m1/s1. The van der Waals surface area contributed by atoms with Crippen LogP contribution in [-0.4, -0.2) is 62.3 Å². The number of hydrogen-bond donors (Lipinski definition) is 1. The van der Waals surface area contributed by atoms with Crippen molar-refractivity contribution >= 4 is 16.1 Å². The maximum atomic E-state index is 12.7. The first-order valence-corrected chi connectivity index (χ1v) is 10.1. The van der Waals surface area contributed by atoms with Crippen molar-refractivity contribution in [1.82, 2.24) is 19.1 Å². The van der Waals surface area contributed by atoms with E-state index in [0.717, 1.165) is 9.87 Å². The summed E-state index contributed by atoms with van der Waals surface area (Å²) in [4.78, 5) is 12.7. The number of rotatable bonds is 6. The van der Waals surface area contributed by atoms with Crippen LogP contribution in [0.15, 0.2) is 40.9 Å². The van der Waals surface area contributed by atoms with Crippen molar-refractivity contribution < 1.29 is 17.7 Å². The van der Waals surface area contributed by atoms with E-state index in [-0.39, 0.29) is 25.4 Å². The zero-order chi connectivity index (χ0) is 19.7. The maximum absolute atomic E-state index is 12.7. The third kappa shape index (κ3) is 3.76. The normalized spacial score (nSPS) is 20.9. The molecule has 1 aliphatic heterocycles. The van der Waals surface area contributed by atoms with Crippen molar-refractivity contribution in [2.24, 2.45) is 5.41 Å². The van der Waals surface area contributed by atoms with Gasteiger partial charge in [-0.1, -0.05) is 35.5 Å². The first kappa shape index (κ1) is 19.5. The van der Waals surface area contributed by atoms with Crippen LogP contribution in [0, 0.1) is 5.41 Å². The van der Waals surface area contributed by atoms with Gasteiger partial charge in [-0.3, -0.25) is 4.79 Å². The molecule has 1 aromatic carbocycles. The molecule has 1 N–H and O–H groups in total. The van der Waals surface area contributed by atoms with Gasteiger partial charge in [0.1, 0.15) is 11.5 Å². The second-order valence-electron chi connectivity index (χ2n) is 6.95. The number of nitrogens with one attached hydrogen (secondary N) is 1. The molecule has 9 heteroatoms. The Morgan fingerprint density at radius 1 is 1.33 bits per heavy atom. The molecule has 2 aromatic rings. The second-order valence-corrected chi connectivity index (χ2v) is 9.10. The van der Waals surface area contributed by atoms with Gasteiger partial charge in [0.15, 0.2) is 0 Å². The van der Waals surface area contributed by atoms with Crippen LogP contribution in [0.2, 0.25) is 0 Å². The van der Waals surface area contributed by atoms with Crippen LogP contribution < -0.4 is 5.32 Å². The van der Waals surface area contributed by atoms with Crippen LogP contribution in [0.1, 0.15) is 12.2 Å². The Bertz CT molecular complexity index is 910. The largest absolute Gasteiger partial charge is 0.361 e. The average Bonchev–Trinajstić information content (AvgIpc) is 3.30. The highest BCUT2D eigenvalue weighted by molar-refractivity contribution is 7.86. The SMILES string of the molecule is CNC(=O)[C@@]1(Cc2cc(-c3ccccc3)no2)CCN(S(=O)(=O)N(C)C)C1. The van der Waals surface area contributed by atoms with Crippen molar-refractivity contribution in [3.8, 4) is 11.3 Å². The quantitative estimate of drug-likeness (QED) is 0.795. The van der Waals surface area contributed by atoms with E-state index >= 15 is 0 Å². The third-order valence-corrected chi connectivity index (χ3v) is 6.84. The van der Waals surface area contributed by atoms with Gasteiger partial charge in [0, 0.05) is 52.3 Å². The Hall–Kier alpha value is -2.23. The predicted molar refractivity (Wildman–Crippen MR) is 101 cm³/mol. The van der Waals surface area contributed by atoms with Crippen molar-refractivity contribution in [2.45, 2.75) is 12.8 Å². The number of hydrogen-bond acceptors (Lipinski definition) is 5. The molecule has 3 rings (SSSR count). The molecule has 0 saturated carbocycles. The molecular formula is C18H24N4O4S. The maximum Gasteiger partial charge on any atom is 0.281 e. The number of aromatic nitrogens is 1. The second kappa shape index (κ2) is 7.41. The van der Waals surface area contributed by atoms with Crippen molar-refractivity contribution in [3.05, 3.63) is 42.2 Å². The molecule has 0 bridgehead atoms. The van der Waals surface area contributed by atoms with Gasteiger partial charge in [0.2, 0.25) is 5.91 Å². The van der Waals surface area contributed by atoms with Gasteiger partial charge in [-0.15, -0.1) is 0 Å². The molecule has 1 atom stereocenters. The van der Waals surface area contributed by atoms with Gasteiger partial charge >= 0.3 is 0 Å². The van der Waals surface area contributed by atoms with Crippen LogP contribution in [0.4, 0.5) is 0 Å². The van der Waals surface area contributed by atoms with E-state index in [0.29, 0.717) is 17.9 Å². The molecule has 1 amide bonds. The summed E-state index contributed by atoms with van der Waals surface area (Å²) in [6.45, 7) is 0.391. The van der Waals surface area contributed by atoms with Crippen LogP contribution >= 0.6 is 0 Å². The van der Waals surface area contributed by atoms with E-state index in [9.17, 15) is 13.2 Å². The molecule has 27 heavy (non-hydrogen) atoms. The fourth-order valence-corrected chi connectivity index (χ4v) is 4.61. The molecule has 8 nitrogen and oxygen atoms in total. The molecule has 1 aromatic heterocycles. The molecule has 0 spiro atoms. The van der Waals surface area contributed by atoms with Gasteiger partial charge in [-0.25, -0.2) is 0 Å². The molecule has 1 saturated heterocycles. The lowest BCUT2D eigenvalue weighted by Crippen LogP contribution is -2.45. The lowest BCUT2D eigenvalue weighted by Gasteiger charge is -2.27. The zero-order valence-electron chi connectivity index (χ0n) is 15.7. The first-order chi connectivity index (χ1) is 12.8. The fraction of sp³-hybridized carbons (Fsp3) is 0.444. The molecule has 0 unspecified atom stereocenters. The minimum atomic E-state index is -3.58. The van der Waals surface area contributed by atoms with Crippen LogP contribution in [-0.2, 0) is 21.4 Å². The smallest absolute Gasteiger partial charge is 0.281 e. The summed E-state index contributed by atoms with van der Waals surface area (Å²) in [5.41, 5.74) is 0.726. The molecule has 2 heterocycles. The van der Waals surface area contributed by atoms with Gasteiger partial charge in [0.05, 0.1) is 5.41 Å². The number of amides is 1. The third-order valence-electron chi connectivity index (χ3n) is 4.96. The lowest BCUT2D eigenvalue weighted by molar-refractivity contribution is -0.130. The highest BCUT2D eigenvalue weighted by Gasteiger charge is 2.48. The summed E-state index contributed by atoms with van der Waals surface area (Å²) in [5.74, 6) is 0.359. The minimum Gasteiger partial charge on any atom is -0.361 e. The Balaban J connectivity index is 1.85. The Labute approximate surface area is 159 Å². The Kier molecular flexibility index (Phi) is 5.36. The van der Waals surface area contributed by atoms with Crippen LogP contribution in [0.5, 0.6) is 0 Å². The predicted octanol–water partition coefficient (Wildman–Crippen LogP) is 1.13. The van der Waals surface area contributed by atoms with Crippen LogP contribution in [0.3, 0.4) is 0 Å². The van der Waals surface area contributed by atoms with Crippen molar-refractivity contribution in [2.75, 3.05) is 34.2 Å². The van der Waals surface area contributed by atoms with Crippen LogP contribution in [0.25, 0.3) is 11.3 Å². The fourth-order valence-electron chi connectivity index (χ4n) is 3.41. The lowest BCUT2D eigenvalue weighted by atomic mass is 9.81. The van der Waals surface area contributed by atoms with E-state index < -0.39 is 15.6 Å². The summed E-state index contributed by atoms with van der Waals surface area (Å²) < 4.78 is 32.9. The highest BCUT2D eigenvalue weighted by atomic mass is 32.2. The number of carbonyl (C=O) groups excluding carboxylic acids is 1. The van der Waals surface area contributed by atoms with Gasteiger partial charge < -0.3 is 9.84 Å². The van der Waals surface area contributed by atoms with E-state index in [1.165, 1.54) is 18.4 Å². The summed E-state index contributed by atoms with van der Waals surface area (Å²) in [5, 5.41) is 6.77. The molecule has 0 radical (unpaired) electrons. The van der Waals surface area contributed by atoms with E-state index in [1.807, 2.05) is 36.4 Å². The van der Waals surface area contributed by atoms with E-state index in [2.05, 4.69) is 10.5 Å². The number of carbonyl (C=O) groups is 1.